The van der Waals surface area contributed by atoms with E-state index in [9.17, 15) is 0 Å². The Morgan fingerprint density at radius 3 is 2.60 bits per heavy atom. The molecule has 0 atom stereocenters. The zero-order valence-corrected chi connectivity index (χ0v) is 13.9. The molecule has 1 spiro atoms. The summed E-state index contributed by atoms with van der Waals surface area (Å²) in [6.07, 6.45) is 4.09. The quantitative estimate of drug-likeness (QED) is 0.785. The second kappa shape index (κ2) is 5.85. The zero-order chi connectivity index (χ0) is 14.2. The lowest BCUT2D eigenvalue weighted by Gasteiger charge is -2.36. The van der Waals surface area contributed by atoms with Crippen LogP contribution in [0.5, 0.6) is 0 Å². The molecular formula is C14H15BrCl2N2O. The number of halogens is 3. The van der Waals surface area contributed by atoms with Crippen molar-refractivity contribution in [2.24, 2.45) is 0 Å². The van der Waals surface area contributed by atoms with Crippen LogP contribution in [-0.2, 0) is 11.4 Å². The molecule has 2 aliphatic heterocycles. The number of piperidine rings is 1. The Kier molecular flexibility index (Phi) is 4.29. The minimum Gasteiger partial charge on any atom is -0.299 e. The summed E-state index contributed by atoms with van der Waals surface area (Å²) in [5.41, 5.74) is 3.93. The highest BCUT2D eigenvalue weighted by atomic mass is 79.9. The SMILES string of the molecule is Clc1ccc(CN2CCC3(C=C(Br)NO3)CC2)cc1Cl. The van der Waals surface area contributed by atoms with Crippen LogP contribution in [0.3, 0.4) is 0 Å². The summed E-state index contributed by atoms with van der Waals surface area (Å²) >= 11 is 15.4. The van der Waals surface area contributed by atoms with Gasteiger partial charge in [0.05, 0.1) is 10.0 Å². The van der Waals surface area contributed by atoms with Gasteiger partial charge in [0.25, 0.3) is 0 Å². The summed E-state index contributed by atoms with van der Waals surface area (Å²) < 4.78 is 0.926. The minimum absolute atomic E-state index is 0.146. The van der Waals surface area contributed by atoms with Crippen LogP contribution in [0.1, 0.15) is 18.4 Å². The summed E-state index contributed by atoms with van der Waals surface area (Å²) in [4.78, 5) is 8.08. The third kappa shape index (κ3) is 3.15. The van der Waals surface area contributed by atoms with Crippen molar-refractivity contribution >= 4 is 39.1 Å². The van der Waals surface area contributed by atoms with Crippen molar-refractivity contribution in [3.05, 3.63) is 44.5 Å². The minimum atomic E-state index is -0.146. The number of hydroxylamine groups is 1. The highest BCUT2D eigenvalue weighted by Gasteiger charge is 2.38. The van der Waals surface area contributed by atoms with Crippen LogP contribution in [0.15, 0.2) is 28.9 Å². The van der Waals surface area contributed by atoms with E-state index in [1.165, 1.54) is 5.56 Å². The molecule has 108 valence electrons. The maximum atomic E-state index is 6.05. The Hall–Kier alpha value is -0.260. The maximum absolute atomic E-state index is 6.05. The van der Waals surface area contributed by atoms with Crippen LogP contribution in [0.25, 0.3) is 0 Å². The molecule has 3 nitrogen and oxygen atoms in total. The second-order valence-electron chi connectivity index (χ2n) is 5.29. The van der Waals surface area contributed by atoms with Crippen LogP contribution in [0.4, 0.5) is 0 Å². The van der Waals surface area contributed by atoms with Crippen LogP contribution in [0, 0.1) is 0 Å². The maximum Gasteiger partial charge on any atom is 0.119 e. The number of hydrogen-bond acceptors (Lipinski definition) is 3. The van der Waals surface area contributed by atoms with Gasteiger partial charge in [-0.3, -0.25) is 15.2 Å². The molecule has 1 aromatic carbocycles. The molecule has 0 saturated carbocycles. The van der Waals surface area contributed by atoms with Crippen molar-refractivity contribution in [2.45, 2.75) is 25.0 Å². The number of rotatable bonds is 2. The van der Waals surface area contributed by atoms with Gasteiger partial charge in [0.1, 0.15) is 10.2 Å². The molecule has 20 heavy (non-hydrogen) atoms. The van der Waals surface area contributed by atoms with Gasteiger partial charge in [0.2, 0.25) is 0 Å². The van der Waals surface area contributed by atoms with E-state index >= 15 is 0 Å². The van der Waals surface area contributed by atoms with Crippen molar-refractivity contribution < 1.29 is 4.84 Å². The molecule has 0 radical (unpaired) electrons. The Labute approximate surface area is 137 Å². The number of nitrogens with one attached hydrogen (secondary N) is 1. The largest absolute Gasteiger partial charge is 0.299 e. The molecule has 0 unspecified atom stereocenters. The zero-order valence-electron chi connectivity index (χ0n) is 10.8. The van der Waals surface area contributed by atoms with Crippen LogP contribution < -0.4 is 5.48 Å². The average Bonchev–Trinajstić information content (AvgIpc) is 2.78. The molecule has 0 aromatic heterocycles. The lowest BCUT2D eigenvalue weighted by atomic mass is 9.91. The molecule has 1 fully saturated rings. The van der Waals surface area contributed by atoms with E-state index in [4.69, 9.17) is 28.0 Å². The molecule has 0 amide bonds. The molecule has 0 bridgehead atoms. The van der Waals surface area contributed by atoms with E-state index in [1.807, 2.05) is 18.2 Å². The van der Waals surface area contributed by atoms with E-state index in [-0.39, 0.29) is 5.60 Å². The molecular weight excluding hydrogens is 363 g/mol. The highest BCUT2D eigenvalue weighted by molar-refractivity contribution is 9.11. The number of nitrogens with zero attached hydrogens (tertiary/aromatic N) is 1. The Morgan fingerprint density at radius 2 is 2.00 bits per heavy atom. The summed E-state index contributed by atoms with van der Waals surface area (Å²) in [5, 5.41) is 1.22. The smallest absolute Gasteiger partial charge is 0.119 e. The van der Waals surface area contributed by atoms with Gasteiger partial charge in [-0.2, -0.15) is 0 Å². The van der Waals surface area contributed by atoms with Crippen molar-refractivity contribution in [3.8, 4) is 0 Å². The van der Waals surface area contributed by atoms with E-state index in [0.717, 1.165) is 37.1 Å². The third-order valence-corrected chi connectivity index (χ3v) is 4.96. The van der Waals surface area contributed by atoms with Gasteiger partial charge in [0, 0.05) is 19.6 Å². The fourth-order valence-electron chi connectivity index (χ4n) is 2.67. The van der Waals surface area contributed by atoms with Gasteiger partial charge in [-0.05, 0) is 52.5 Å². The molecule has 1 N–H and O–H groups in total. The van der Waals surface area contributed by atoms with E-state index in [0.29, 0.717) is 10.0 Å². The first-order valence-electron chi connectivity index (χ1n) is 6.55. The van der Waals surface area contributed by atoms with Crippen LogP contribution in [0.2, 0.25) is 10.0 Å². The first kappa shape index (κ1) is 14.7. The molecule has 1 saturated heterocycles. The molecule has 6 heteroatoms. The second-order valence-corrected chi connectivity index (χ2v) is 6.95. The molecule has 3 rings (SSSR count). The van der Waals surface area contributed by atoms with Crippen molar-refractivity contribution in [3.63, 3.8) is 0 Å². The van der Waals surface area contributed by atoms with Crippen LogP contribution >= 0.6 is 39.1 Å². The van der Waals surface area contributed by atoms with Crippen LogP contribution in [-0.4, -0.2) is 23.6 Å². The lowest BCUT2D eigenvalue weighted by molar-refractivity contribution is -0.0729. The summed E-state index contributed by atoms with van der Waals surface area (Å²) in [6.45, 7) is 2.89. The van der Waals surface area contributed by atoms with Crippen molar-refractivity contribution in [1.82, 2.24) is 10.4 Å². The van der Waals surface area contributed by atoms with E-state index in [2.05, 4.69) is 32.4 Å². The number of benzene rings is 1. The third-order valence-electron chi connectivity index (χ3n) is 3.83. The summed E-state index contributed by atoms with van der Waals surface area (Å²) in [5.74, 6) is 0. The monoisotopic (exact) mass is 376 g/mol. The predicted molar refractivity (Wildman–Crippen MR) is 84.9 cm³/mol. The molecule has 0 aliphatic carbocycles. The first-order chi connectivity index (χ1) is 9.56. The summed E-state index contributed by atoms with van der Waals surface area (Å²) in [6, 6.07) is 5.83. The van der Waals surface area contributed by atoms with Gasteiger partial charge < -0.3 is 0 Å². The van der Waals surface area contributed by atoms with Gasteiger partial charge in [-0.15, -0.1) is 0 Å². The fourth-order valence-corrected chi connectivity index (χ4v) is 3.49. The summed E-state index contributed by atoms with van der Waals surface area (Å²) in [7, 11) is 0. The Balaban J connectivity index is 1.60. The number of hydrogen-bond donors (Lipinski definition) is 1. The molecule has 2 heterocycles. The van der Waals surface area contributed by atoms with Gasteiger partial charge in [-0.25, -0.2) is 0 Å². The molecule has 1 aromatic rings. The Bertz CT molecular complexity index is 542. The lowest BCUT2D eigenvalue weighted by Crippen LogP contribution is -2.44. The normalized spacial score (nSPS) is 21.9. The average molecular weight is 378 g/mol. The van der Waals surface area contributed by atoms with E-state index < -0.39 is 0 Å². The van der Waals surface area contributed by atoms with Gasteiger partial charge in [0.15, 0.2) is 0 Å². The Morgan fingerprint density at radius 1 is 1.25 bits per heavy atom. The van der Waals surface area contributed by atoms with Crippen molar-refractivity contribution in [2.75, 3.05) is 13.1 Å². The van der Waals surface area contributed by atoms with E-state index in [1.54, 1.807) is 0 Å². The number of likely N-dealkylation sites (tertiary alicyclic amines) is 1. The topological polar surface area (TPSA) is 24.5 Å². The van der Waals surface area contributed by atoms with Gasteiger partial charge in [-0.1, -0.05) is 29.3 Å². The van der Waals surface area contributed by atoms with Crippen molar-refractivity contribution in [1.29, 1.82) is 0 Å². The molecule has 2 aliphatic rings. The fraction of sp³-hybridized carbons (Fsp3) is 0.429. The standard InChI is InChI=1S/C14H15BrCl2N2O/c15-13-8-14(20-18-13)3-5-19(6-4-14)9-10-1-2-11(16)12(17)7-10/h1-2,7-8,18H,3-6,9H2. The highest BCUT2D eigenvalue weighted by Crippen LogP contribution is 2.33. The predicted octanol–water partition coefficient (Wildman–Crippen LogP) is 4.10. The van der Waals surface area contributed by atoms with Gasteiger partial charge >= 0.3 is 0 Å². The first-order valence-corrected chi connectivity index (χ1v) is 8.10.